The summed E-state index contributed by atoms with van der Waals surface area (Å²) in [4.78, 5) is 26.1. The third kappa shape index (κ3) is 5.22. The summed E-state index contributed by atoms with van der Waals surface area (Å²) >= 11 is 0. The molecule has 0 aliphatic rings. The fraction of sp³-hybridized carbons (Fsp3) is 0.200. The number of rotatable bonds is 5. The van der Waals surface area contributed by atoms with Gasteiger partial charge in [-0.25, -0.2) is 4.98 Å². The van der Waals surface area contributed by atoms with Crippen LogP contribution in [0.2, 0.25) is 0 Å². The van der Waals surface area contributed by atoms with Crippen LogP contribution < -0.4 is 15.5 Å². The molecular weight excluding hydrogens is 397 g/mol. The van der Waals surface area contributed by atoms with E-state index in [1.165, 1.54) is 0 Å². The Balaban J connectivity index is 1.67. The van der Waals surface area contributed by atoms with Crippen molar-refractivity contribution in [1.29, 1.82) is 0 Å². The topological polar surface area (TPSA) is 83.0 Å². The van der Waals surface area contributed by atoms with E-state index in [4.69, 9.17) is 0 Å². The van der Waals surface area contributed by atoms with E-state index in [1.54, 1.807) is 24.3 Å². The molecule has 0 aliphatic carbocycles. The quantitative estimate of drug-likeness (QED) is 0.647. The van der Waals surface area contributed by atoms with Gasteiger partial charge < -0.3 is 15.5 Å². The van der Waals surface area contributed by atoms with Crippen molar-refractivity contribution >= 4 is 29.0 Å². The second kappa shape index (κ2) is 8.36. The third-order valence-electron chi connectivity index (χ3n) is 4.01. The molecule has 3 aromatic rings. The van der Waals surface area contributed by atoms with Crippen LogP contribution in [0.15, 0.2) is 48.7 Å². The Labute approximate surface area is 171 Å². The number of benzene rings is 1. The zero-order valence-electron chi connectivity index (χ0n) is 16.4. The summed E-state index contributed by atoms with van der Waals surface area (Å²) in [6, 6.07) is 10.5. The number of aromatic nitrogens is 3. The predicted octanol–water partition coefficient (Wildman–Crippen LogP) is 4.26. The maximum absolute atomic E-state index is 12.6. The first-order valence-electron chi connectivity index (χ1n) is 8.86. The molecule has 156 valence electrons. The number of aryl methyl sites for hydroxylation is 1. The molecule has 2 N–H and O–H groups in total. The number of alkyl halides is 3. The minimum Gasteiger partial charge on any atom is -0.363 e. The van der Waals surface area contributed by atoms with E-state index in [1.807, 2.05) is 32.0 Å². The Kier molecular flexibility index (Phi) is 5.86. The number of nitrogens with one attached hydrogen (secondary N) is 2. The van der Waals surface area contributed by atoms with E-state index in [2.05, 4.69) is 25.6 Å². The minimum atomic E-state index is -4.55. The van der Waals surface area contributed by atoms with E-state index < -0.39 is 17.8 Å². The Morgan fingerprint density at radius 2 is 1.67 bits per heavy atom. The van der Waals surface area contributed by atoms with Gasteiger partial charge in [-0.1, -0.05) is 0 Å². The summed E-state index contributed by atoms with van der Waals surface area (Å²) in [5.74, 6) is 0.639. The summed E-state index contributed by atoms with van der Waals surface area (Å²) in [5.41, 5.74) is 0.967. The van der Waals surface area contributed by atoms with Crippen LogP contribution in [0, 0.1) is 6.92 Å². The second-order valence-electron chi connectivity index (χ2n) is 6.67. The maximum Gasteiger partial charge on any atom is 0.433 e. The van der Waals surface area contributed by atoms with Crippen LogP contribution in [0.1, 0.15) is 21.7 Å². The standard InChI is InChI=1S/C20H19F3N6O/c1-12-10-17(29(2)3)28-19(25-12)27-15-7-5-14(6-8-15)26-18(30)13-4-9-16(24-11-13)20(21,22)23/h4-11H,1-3H3,(H,26,30)(H,25,27,28). The van der Waals surface area contributed by atoms with Crippen LogP contribution in [0.25, 0.3) is 0 Å². The van der Waals surface area contributed by atoms with Gasteiger partial charge in [0.25, 0.3) is 5.91 Å². The zero-order chi connectivity index (χ0) is 21.9. The average molecular weight is 416 g/mol. The number of hydrogen-bond donors (Lipinski definition) is 2. The highest BCUT2D eigenvalue weighted by Gasteiger charge is 2.32. The number of pyridine rings is 1. The third-order valence-corrected chi connectivity index (χ3v) is 4.01. The fourth-order valence-electron chi connectivity index (χ4n) is 2.50. The predicted molar refractivity (Wildman–Crippen MR) is 108 cm³/mol. The van der Waals surface area contributed by atoms with Gasteiger partial charge in [-0.3, -0.25) is 9.78 Å². The van der Waals surface area contributed by atoms with Gasteiger partial charge in [0.1, 0.15) is 11.5 Å². The van der Waals surface area contributed by atoms with Crippen molar-refractivity contribution in [2.75, 3.05) is 29.6 Å². The van der Waals surface area contributed by atoms with Gasteiger partial charge >= 0.3 is 6.18 Å². The molecule has 0 aliphatic heterocycles. The molecule has 0 spiro atoms. The van der Waals surface area contributed by atoms with Crippen LogP contribution in [0.5, 0.6) is 0 Å². The van der Waals surface area contributed by atoms with Gasteiger partial charge in [0.05, 0.1) is 5.56 Å². The molecule has 2 heterocycles. The number of hydrogen-bond acceptors (Lipinski definition) is 6. The SMILES string of the molecule is Cc1cc(N(C)C)nc(Nc2ccc(NC(=O)c3ccc(C(F)(F)F)nc3)cc2)n1. The number of nitrogens with zero attached hydrogens (tertiary/aromatic N) is 4. The summed E-state index contributed by atoms with van der Waals surface area (Å²) in [6.07, 6.45) is -3.66. The largest absolute Gasteiger partial charge is 0.433 e. The van der Waals surface area contributed by atoms with Crippen molar-refractivity contribution in [3.05, 3.63) is 65.6 Å². The maximum atomic E-state index is 12.6. The summed E-state index contributed by atoms with van der Waals surface area (Å²) in [5, 5.41) is 5.71. The molecule has 0 unspecified atom stereocenters. The number of halogens is 3. The molecule has 1 amide bonds. The van der Waals surface area contributed by atoms with E-state index in [-0.39, 0.29) is 5.56 Å². The van der Waals surface area contributed by atoms with Gasteiger partial charge in [-0.15, -0.1) is 0 Å². The highest BCUT2D eigenvalue weighted by Crippen LogP contribution is 2.27. The molecule has 30 heavy (non-hydrogen) atoms. The lowest BCUT2D eigenvalue weighted by atomic mass is 10.2. The molecule has 1 aromatic carbocycles. The summed E-state index contributed by atoms with van der Waals surface area (Å²) in [7, 11) is 3.77. The first-order valence-corrected chi connectivity index (χ1v) is 8.86. The number of carbonyl (C=O) groups excluding carboxylic acids is 1. The van der Waals surface area contributed by atoms with Crippen molar-refractivity contribution in [2.45, 2.75) is 13.1 Å². The lowest BCUT2D eigenvalue weighted by Gasteiger charge is -2.14. The van der Waals surface area contributed by atoms with Crippen LogP contribution in [0.4, 0.5) is 36.3 Å². The molecule has 0 radical (unpaired) electrons. The molecule has 2 aromatic heterocycles. The van der Waals surface area contributed by atoms with Gasteiger partial charge in [0, 0.05) is 43.4 Å². The smallest absolute Gasteiger partial charge is 0.363 e. The Morgan fingerprint density at radius 1 is 1.00 bits per heavy atom. The Morgan fingerprint density at radius 3 is 2.23 bits per heavy atom. The molecule has 0 saturated heterocycles. The average Bonchev–Trinajstić information content (AvgIpc) is 2.68. The second-order valence-corrected chi connectivity index (χ2v) is 6.67. The van der Waals surface area contributed by atoms with Crippen molar-refractivity contribution in [3.8, 4) is 0 Å². The monoisotopic (exact) mass is 416 g/mol. The first-order chi connectivity index (χ1) is 14.1. The molecule has 10 heteroatoms. The molecule has 0 fully saturated rings. The fourth-order valence-corrected chi connectivity index (χ4v) is 2.50. The van der Waals surface area contributed by atoms with E-state index in [9.17, 15) is 18.0 Å². The van der Waals surface area contributed by atoms with Gasteiger partial charge in [-0.2, -0.15) is 18.2 Å². The molecule has 0 atom stereocenters. The van der Waals surface area contributed by atoms with E-state index >= 15 is 0 Å². The molecule has 7 nitrogen and oxygen atoms in total. The van der Waals surface area contributed by atoms with E-state index in [0.29, 0.717) is 17.3 Å². The van der Waals surface area contributed by atoms with Crippen LogP contribution in [-0.4, -0.2) is 35.0 Å². The van der Waals surface area contributed by atoms with Gasteiger partial charge in [-0.05, 0) is 43.3 Å². The minimum absolute atomic E-state index is 0.0228. The molecular formula is C20H19F3N6O. The lowest BCUT2D eigenvalue weighted by Crippen LogP contribution is -2.14. The highest BCUT2D eigenvalue weighted by molar-refractivity contribution is 6.04. The lowest BCUT2D eigenvalue weighted by molar-refractivity contribution is -0.141. The van der Waals surface area contributed by atoms with Crippen LogP contribution in [-0.2, 0) is 6.18 Å². The zero-order valence-corrected chi connectivity index (χ0v) is 16.4. The first kappa shape index (κ1) is 21.0. The van der Waals surface area contributed by atoms with Gasteiger partial charge in [0.15, 0.2) is 0 Å². The van der Waals surface area contributed by atoms with Crippen molar-refractivity contribution in [3.63, 3.8) is 0 Å². The van der Waals surface area contributed by atoms with E-state index in [0.717, 1.165) is 29.8 Å². The van der Waals surface area contributed by atoms with Crippen molar-refractivity contribution in [2.24, 2.45) is 0 Å². The summed E-state index contributed by atoms with van der Waals surface area (Å²) in [6.45, 7) is 1.87. The molecule has 0 saturated carbocycles. The van der Waals surface area contributed by atoms with Gasteiger partial charge in [0.2, 0.25) is 5.95 Å². The van der Waals surface area contributed by atoms with Crippen LogP contribution >= 0.6 is 0 Å². The summed E-state index contributed by atoms with van der Waals surface area (Å²) < 4.78 is 37.7. The Bertz CT molecular complexity index is 1030. The van der Waals surface area contributed by atoms with Crippen molar-refractivity contribution in [1.82, 2.24) is 15.0 Å². The molecule has 0 bridgehead atoms. The molecule has 3 rings (SSSR count). The normalized spacial score (nSPS) is 11.1. The number of anilines is 4. The highest BCUT2D eigenvalue weighted by atomic mass is 19.4. The number of amides is 1. The Hall–Kier alpha value is -3.69. The van der Waals surface area contributed by atoms with Crippen molar-refractivity contribution < 1.29 is 18.0 Å². The van der Waals surface area contributed by atoms with Crippen LogP contribution in [0.3, 0.4) is 0 Å². The number of carbonyl (C=O) groups is 1.